The maximum Gasteiger partial charge on any atom is 0.472 e. The molecule has 0 bridgehead atoms. The molecule has 17 nitrogen and oxygen atoms in total. The number of phosphoric acid groups is 2. The van der Waals surface area contributed by atoms with Gasteiger partial charge in [-0.3, -0.25) is 37.3 Å². The van der Waals surface area contributed by atoms with Crippen molar-refractivity contribution in [3.63, 3.8) is 0 Å². The molecular formula is C66H128O17P2. The highest BCUT2D eigenvalue weighted by Crippen LogP contribution is 2.45. The molecule has 0 saturated heterocycles. The summed E-state index contributed by atoms with van der Waals surface area (Å²) in [5.41, 5.74) is 0. The molecule has 3 N–H and O–H groups in total. The van der Waals surface area contributed by atoms with E-state index in [0.29, 0.717) is 31.6 Å². The van der Waals surface area contributed by atoms with Gasteiger partial charge in [-0.15, -0.1) is 0 Å². The minimum absolute atomic E-state index is 0.103. The van der Waals surface area contributed by atoms with Crippen LogP contribution in [0, 0.1) is 5.92 Å². The number of carbonyl (C=O) groups excluding carboxylic acids is 4. The third-order valence-corrected chi connectivity index (χ3v) is 17.2. The van der Waals surface area contributed by atoms with Crippen molar-refractivity contribution in [2.75, 3.05) is 39.6 Å². The van der Waals surface area contributed by atoms with Crippen molar-refractivity contribution in [1.29, 1.82) is 0 Å². The van der Waals surface area contributed by atoms with Crippen LogP contribution in [-0.2, 0) is 65.4 Å². The largest absolute Gasteiger partial charge is 0.472 e. The Morgan fingerprint density at radius 1 is 0.318 bits per heavy atom. The Hall–Kier alpha value is -1.94. The van der Waals surface area contributed by atoms with Gasteiger partial charge in [-0.1, -0.05) is 285 Å². The Bertz CT molecular complexity index is 1650. The highest BCUT2D eigenvalue weighted by Gasteiger charge is 2.30. The maximum atomic E-state index is 13.0. The van der Waals surface area contributed by atoms with E-state index in [2.05, 4.69) is 34.6 Å². The van der Waals surface area contributed by atoms with Crippen LogP contribution >= 0.6 is 15.6 Å². The SMILES string of the molecule is CCCCCCCCCCCCCCCCCCCCC(=O)O[C@H](COC(=O)CCCCCCCCCCCCCC)COP(=O)(O)OC[C@@H](O)COP(=O)(O)OC[C@@H](COC(=O)CCCCCCC)OC(=O)CCCCCCCCCC(C)C. The van der Waals surface area contributed by atoms with Gasteiger partial charge in [0.2, 0.25) is 0 Å². The van der Waals surface area contributed by atoms with E-state index < -0.39 is 97.5 Å². The van der Waals surface area contributed by atoms with Crippen molar-refractivity contribution in [1.82, 2.24) is 0 Å². The number of phosphoric ester groups is 2. The number of unbranched alkanes of at least 4 members (excludes halogenated alkanes) is 38. The maximum absolute atomic E-state index is 13.0. The number of aliphatic hydroxyl groups is 1. The predicted octanol–water partition coefficient (Wildman–Crippen LogP) is 18.6. The quantitative estimate of drug-likeness (QED) is 0.0222. The second-order valence-corrected chi connectivity index (χ2v) is 27.2. The van der Waals surface area contributed by atoms with E-state index in [1.807, 2.05) is 0 Å². The number of hydrogen-bond acceptors (Lipinski definition) is 15. The Kier molecular flexibility index (Phi) is 58.3. The van der Waals surface area contributed by atoms with Gasteiger partial charge in [-0.2, -0.15) is 0 Å². The standard InChI is InChI=1S/C66H128O17P2/c1-6-9-12-15-17-19-21-23-24-25-26-27-28-30-32-36-41-46-51-65(70)83-62(56-77-64(69)50-45-40-35-31-29-22-20-18-16-13-10-7-2)58-81-85(74,75)79-54-60(67)53-78-84(72,73)80-57-61(55-76-63(68)49-44-38-14-11-8-3)82-66(71)52-47-42-37-33-34-39-43-48-59(4)5/h59-62,67H,6-58H2,1-5H3,(H,72,73)(H,74,75)/t60-,61+,62+/m0/s1. The molecule has 19 heteroatoms. The molecule has 0 heterocycles. The zero-order chi connectivity index (χ0) is 62.8. The molecule has 504 valence electrons. The summed E-state index contributed by atoms with van der Waals surface area (Å²) in [6, 6.07) is 0. The van der Waals surface area contributed by atoms with Gasteiger partial charge in [0.05, 0.1) is 26.4 Å². The average Bonchev–Trinajstić information content (AvgIpc) is 3.51. The van der Waals surface area contributed by atoms with Crippen LogP contribution in [0.4, 0.5) is 0 Å². The first-order valence-corrected chi connectivity index (χ1v) is 37.6. The van der Waals surface area contributed by atoms with E-state index in [0.717, 1.165) is 96.3 Å². The molecule has 0 aromatic carbocycles. The highest BCUT2D eigenvalue weighted by atomic mass is 31.2. The molecule has 0 amide bonds. The van der Waals surface area contributed by atoms with Crippen LogP contribution in [0.5, 0.6) is 0 Å². The first-order valence-electron chi connectivity index (χ1n) is 34.6. The number of esters is 4. The van der Waals surface area contributed by atoms with Crippen molar-refractivity contribution in [2.24, 2.45) is 5.92 Å². The number of rotatable bonds is 66. The molecule has 0 radical (unpaired) electrons. The summed E-state index contributed by atoms with van der Waals surface area (Å²) >= 11 is 0. The van der Waals surface area contributed by atoms with Gasteiger partial charge in [0.15, 0.2) is 12.2 Å². The molecular weight excluding hydrogens is 1130 g/mol. The molecule has 0 spiro atoms. The summed E-state index contributed by atoms with van der Waals surface area (Å²) in [4.78, 5) is 72.0. The number of ether oxygens (including phenoxy) is 4. The monoisotopic (exact) mass is 1250 g/mol. The second kappa shape index (κ2) is 59.7. The molecule has 0 saturated carbocycles. The summed E-state index contributed by atoms with van der Waals surface area (Å²) in [6.07, 6.45) is 44.9. The van der Waals surface area contributed by atoms with E-state index in [1.54, 1.807) is 0 Å². The summed E-state index contributed by atoms with van der Waals surface area (Å²) in [5.74, 6) is -1.45. The van der Waals surface area contributed by atoms with Crippen molar-refractivity contribution in [2.45, 2.75) is 355 Å². The fourth-order valence-corrected chi connectivity index (χ4v) is 11.5. The Morgan fingerprint density at radius 3 is 0.800 bits per heavy atom. The van der Waals surface area contributed by atoms with Gasteiger partial charge in [0.25, 0.3) is 0 Å². The van der Waals surface area contributed by atoms with E-state index in [-0.39, 0.29) is 25.7 Å². The smallest absolute Gasteiger partial charge is 0.462 e. The molecule has 2 unspecified atom stereocenters. The lowest BCUT2D eigenvalue weighted by molar-refractivity contribution is -0.161. The van der Waals surface area contributed by atoms with E-state index >= 15 is 0 Å². The lowest BCUT2D eigenvalue weighted by Gasteiger charge is -2.21. The predicted molar refractivity (Wildman–Crippen MR) is 340 cm³/mol. The third-order valence-electron chi connectivity index (χ3n) is 15.3. The summed E-state index contributed by atoms with van der Waals surface area (Å²) in [7, 11) is -9.88. The van der Waals surface area contributed by atoms with Gasteiger partial charge < -0.3 is 33.8 Å². The Labute approximate surface area is 517 Å². The first-order chi connectivity index (χ1) is 41.0. The number of hydrogen-bond donors (Lipinski definition) is 3. The van der Waals surface area contributed by atoms with Crippen LogP contribution in [0.15, 0.2) is 0 Å². The zero-order valence-corrected chi connectivity index (χ0v) is 56.5. The van der Waals surface area contributed by atoms with Crippen LogP contribution < -0.4 is 0 Å². The van der Waals surface area contributed by atoms with Crippen molar-refractivity contribution < 1.29 is 80.2 Å². The fourth-order valence-electron chi connectivity index (χ4n) is 9.94. The molecule has 85 heavy (non-hydrogen) atoms. The summed E-state index contributed by atoms with van der Waals surface area (Å²) < 4.78 is 67.9. The van der Waals surface area contributed by atoms with Gasteiger partial charge in [0, 0.05) is 25.7 Å². The number of aliphatic hydroxyl groups excluding tert-OH is 1. The normalized spacial score (nSPS) is 14.2. The minimum Gasteiger partial charge on any atom is -0.462 e. The molecule has 5 atom stereocenters. The van der Waals surface area contributed by atoms with E-state index in [1.165, 1.54) is 154 Å². The topological polar surface area (TPSA) is 237 Å². The lowest BCUT2D eigenvalue weighted by atomic mass is 10.0. The first kappa shape index (κ1) is 83.1. The summed E-state index contributed by atoms with van der Waals surface area (Å²) in [6.45, 7) is 7.06. The van der Waals surface area contributed by atoms with Gasteiger partial charge in [-0.25, -0.2) is 9.13 Å². The molecule has 0 rings (SSSR count). The van der Waals surface area contributed by atoms with Crippen molar-refractivity contribution in [3.8, 4) is 0 Å². The van der Waals surface area contributed by atoms with Crippen molar-refractivity contribution in [3.05, 3.63) is 0 Å². The molecule has 0 aliphatic carbocycles. The van der Waals surface area contributed by atoms with E-state index in [4.69, 9.17) is 37.0 Å². The lowest BCUT2D eigenvalue weighted by Crippen LogP contribution is -2.30. The Balaban J connectivity index is 5.14. The van der Waals surface area contributed by atoms with Crippen LogP contribution in [0.2, 0.25) is 0 Å². The van der Waals surface area contributed by atoms with Crippen LogP contribution in [0.1, 0.15) is 336 Å². The molecule has 0 aliphatic rings. The van der Waals surface area contributed by atoms with E-state index in [9.17, 15) is 43.2 Å². The van der Waals surface area contributed by atoms with Gasteiger partial charge in [-0.05, 0) is 31.6 Å². The van der Waals surface area contributed by atoms with Gasteiger partial charge in [0.1, 0.15) is 19.3 Å². The van der Waals surface area contributed by atoms with Gasteiger partial charge >= 0.3 is 39.5 Å². The molecule has 0 aliphatic heterocycles. The van der Waals surface area contributed by atoms with Crippen molar-refractivity contribution >= 4 is 39.5 Å². The fraction of sp³-hybridized carbons (Fsp3) is 0.939. The highest BCUT2D eigenvalue weighted by molar-refractivity contribution is 7.47. The van der Waals surface area contributed by atoms with Crippen LogP contribution in [0.25, 0.3) is 0 Å². The number of carbonyl (C=O) groups is 4. The second-order valence-electron chi connectivity index (χ2n) is 24.3. The minimum atomic E-state index is -4.94. The third kappa shape index (κ3) is 60.7. The molecule has 0 aromatic rings. The molecule has 0 fully saturated rings. The molecule has 0 aromatic heterocycles. The van der Waals surface area contributed by atoms with Crippen LogP contribution in [0.3, 0.4) is 0 Å². The average molecular weight is 1260 g/mol. The Morgan fingerprint density at radius 2 is 0.541 bits per heavy atom. The zero-order valence-electron chi connectivity index (χ0n) is 54.7. The summed E-state index contributed by atoms with van der Waals surface area (Å²) in [5, 5.41) is 10.5. The van der Waals surface area contributed by atoms with Crippen LogP contribution in [-0.4, -0.2) is 96.7 Å².